The van der Waals surface area contributed by atoms with Crippen LogP contribution in [0.2, 0.25) is 0 Å². The van der Waals surface area contributed by atoms with E-state index in [1.807, 2.05) is 18.3 Å². The SMILES string of the molecule is Cc1cc2c(s1)C1(CCN(C(C)c3cnc(C(F)(F)F)nc3)CC1)OCC2. The summed E-state index contributed by atoms with van der Waals surface area (Å²) in [6.07, 6.45) is 0.849. The van der Waals surface area contributed by atoms with Crippen LogP contribution in [-0.4, -0.2) is 34.6 Å². The lowest BCUT2D eigenvalue weighted by molar-refractivity contribution is -0.145. The first-order valence-corrected chi connectivity index (χ1v) is 9.97. The summed E-state index contributed by atoms with van der Waals surface area (Å²) in [6, 6.07) is 2.25. The number of aromatic nitrogens is 2. The lowest BCUT2D eigenvalue weighted by Gasteiger charge is -2.45. The molecule has 1 spiro atoms. The normalized spacial score (nSPS) is 21.2. The predicted octanol–water partition coefficient (Wildman–Crippen LogP) is 4.49. The van der Waals surface area contributed by atoms with E-state index >= 15 is 0 Å². The molecule has 0 aromatic carbocycles. The number of hydrogen-bond donors (Lipinski definition) is 0. The molecule has 0 aliphatic carbocycles. The fourth-order valence-corrected chi connectivity index (χ4v) is 5.38. The molecular formula is C19H22F3N3OS. The van der Waals surface area contributed by atoms with Crippen LogP contribution in [0, 0.1) is 6.92 Å². The number of aryl methyl sites for hydroxylation is 1. The molecule has 8 heteroatoms. The fraction of sp³-hybridized carbons (Fsp3) is 0.579. The van der Waals surface area contributed by atoms with Crippen LogP contribution in [-0.2, 0) is 22.9 Å². The van der Waals surface area contributed by atoms with Gasteiger partial charge in [-0.15, -0.1) is 11.3 Å². The Morgan fingerprint density at radius 3 is 2.52 bits per heavy atom. The van der Waals surface area contributed by atoms with E-state index in [4.69, 9.17) is 4.74 Å². The molecule has 146 valence electrons. The zero-order valence-corrected chi connectivity index (χ0v) is 16.2. The molecule has 4 rings (SSSR count). The molecule has 1 unspecified atom stereocenters. The zero-order chi connectivity index (χ0) is 19.2. The van der Waals surface area contributed by atoms with E-state index in [9.17, 15) is 13.2 Å². The van der Waals surface area contributed by atoms with E-state index in [1.165, 1.54) is 27.7 Å². The summed E-state index contributed by atoms with van der Waals surface area (Å²) in [5.41, 5.74) is 1.93. The topological polar surface area (TPSA) is 38.2 Å². The van der Waals surface area contributed by atoms with Crippen molar-refractivity contribution in [1.29, 1.82) is 0 Å². The molecule has 27 heavy (non-hydrogen) atoms. The second-order valence-electron chi connectivity index (χ2n) is 7.35. The lowest BCUT2D eigenvalue weighted by Crippen LogP contribution is -2.46. The van der Waals surface area contributed by atoms with Crippen LogP contribution in [0.3, 0.4) is 0 Å². The maximum absolute atomic E-state index is 12.7. The van der Waals surface area contributed by atoms with Crippen molar-refractivity contribution < 1.29 is 17.9 Å². The summed E-state index contributed by atoms with van der Waals surface area (Å²) in [4.78, 5) is 12.0. The largest absolute Gasteiger partial charge is 0.451 e. The van der Waals surface area contributed by atoms with Crippen molar-refractivity contribution in [2.45, 2.75) is 50.9 Å². The van der Waals surface area contributed by atoms with Crippen molar-refractivity contribution in [3.63, 3.8) is 0 Å². The number of ether oxygens (including phenoxy) is 1. The van der Waals surface area contributed by atoms with E-state index in [2.05, 4.69) is 27.9 Å². The van der Waals surface area contributed by atoms with Gasteiger partial charge in [0.1, 0.15) is 5.60 Å². The number of hydrogen-bond acceptors (Lipinski definition) is 5. The highest BCUT2D eigenvalue weighted by atomic mass is 32.1. The third-order valence-corrected chi connectivity index (χ3v) is 6.94. The summed E-state index contributed by atoms with van der Waals surface area (Å²) in [6.45, 7) is 6.55. The van der Waals surface area contributed by atoms with Gasteiger partial charge >= 0.3 is 6.18 Å². The zero-order valence-electron chi connectivity index (χ0n) is 15.3. The van der Waals surface area contributed by atoms with Crippen LogP contribution in [0.5, 0.6) is 0 Å². The number of likely N-dealkylation sites (tertiary alicyclic amines) is 1. The van der Waals surface area contributed by atoms with Crippen LogP contribution in [0.1, 0.15) is 52.5 Å². The number of halogens is 3. The summed E-state index contributed by atoms with van der Waals surface area (Å²) in [5.74, 6) is -1.09. The first-order chi connectivity index (χ1) is 12.8. The predicted molar refractivity (Wildman–Crippen MR) is 96.6 cm³/mol. The molecule has 2 aliphatic heterocycles. The van der Waals surface area contributed by atoms with Crippen molar-refractivity contribution in [3.05, 3.63) is 45.2 Å². The van der Waals surface area contributed by atoms with Gasteiger partial charge in [-0.3, -0.25) is 4.90 Å². The molecule has 2 aliphatic rings. The molecule has 4 nitrogen and oxygen atoms in total. The van der Waals surface area contributed by atoms with E-state index in [-0.39, 0.29) is 11.6 Å². The third kappa shape index (κ3) is 3.50. The average molecular weight is 397 g/mol. The Morgan fingerprint density at radius 2 is 1.89 bits per heavy atom. The van der Waals surface area contributed by atoms with Gasteiger partial charge in [-0.2, -0.15) is 13.2 Å². The first kappa shape index (κ1) is 18.8. The number of alkyl halides is 3. The summed E-state index contributed by atoms with van der Waals surface area (Å²) < 4.78 is 44.2. The molecule has 0 N–H and O–H groups in total. The minimum Gasteiger partial charge on any atom is -0.369 e. The standard InChI is InChI=1S/C19H22F3N3OS/c1-12-9-14-3-8-26-18(16(14)27-12)4-6-25(7-5-18)13(2)15-10-23-17(24-11-15)19(20,21)22/h9-11,13H,3-8H2,1-2H3. The second-order valence-corrected chi connectivity index (χ2v) is 8.61. The van der Waals surface area contributed by atoms with Crippen molar-refractivity contribution >= 4 is 11.3 Å². The van der Waals surface area contributed by atoms with Crippen LogP contribution in [0.4, 0.5) is 13.2 Å². The van der Waals surface area contributed by atoms with Gasteiger partial charge in [0.15, 0.2) is 0 Å². The summed E-state index contributed by atoms with van der Waals surface area (Å²) in [5, 5.41) is 0. The van der Waals surface area contributed by atoms with Crippen LogP contribution in [0.15, 0.2) is 18.5 Å². The lowest BCUT2D eigenvalue weighted by atomic mass is 9.84. The molecule has 1 atom stereocenters. The molecule has 0 bridgehead atoms. The molecule has 0 amide bonds. The molecular weight excluding hydrogens is 375 g/mol. The minimum absolute atomic E-state index is 0.0298. The average Bonchev–Trinajstić information content (AvgIpc) is 3.03. The van der Waals surface area contributed by atoms with E-state index < -0.39 is 12.0 Å². The molecule has 1 fully saturated rings. The third-order valence-electron chi connectivity index (χ3n) is 5.66. The van der Waals surface area contributed by atoms with Crippen molar-refractivity contribution in [3.8, 4) is 0 Å². The van der Waals surface area contributed by atoms with Gasteiger partial charge in [-0.25, -0.2) is 9.97 Å². The number of nitrogens with zero attached hydrogens (tertiary/aromatic N) is 3. The van der Waals surface area contributed by atoms with Gasteiger partial charge in [0.05, 0.1) is 6.61 Å². The van der Waals surface area contributed by atoms with Crippen LogP contribution >= 0.6 is 11.3 Å². The number of fused-ring (bicyclic) bond motifs is 2. The Kier molecular flexibility index (Phi) is 4.76. The first-order valence-electron chi connectivity index (χ1n) is 9.15. The molecule has 2 aromatic heterocycles. The van der Waals surface area contributed by atoms with Crippen LogP contribution in [0.25, 0.3) is 0 Å². The number of piperidine rings is 1. The minimum atomic E-state index is -4.51. The van der Waals surface area contributed by atoms with Gasteiger partial charge < -0.3 is 4.74 Å². The Morgan fingerprint density at radius 1 is 1.22 bits per heavy atom. The highest BCUT2D eigenvalue weighted by molar-refractivity contribution is 7.12. The molecule has 4 heterocycles. The molecule has 0 saturated carbocycles. The number of thiophene rings is 1. The maximum atomic E-state index is 12.7. The fourth-order valence-electron chi connectivity index (χ4n) is 4.12. The van der Waals surface area contributed by atoms with Gasteiger partial charge in [-0.1, -0.05) is 0 Å². The quantitative estimate of drug-likeness (QED) is 0.748. The second kappa shape index (κ2) is 6.83. The van der Waals surface area contributed by atoms with Gasteiger partial charge in [-0.05, 0) is 44.7 Å². The summed E-state index contributed by atoms with van der Waals surface area (Å²) >= 11 is 1.84. The van der Waals surface area contributed by atoms with Gasteiger partial charge in [0.25, 0.3) is 0 Å². The number of rotatable bonds is 2. The summed E-state index contributed by atoms with van der Waals surface area (Å²) in [7, 11) is 0. The highest BCUT2D eigenvalue weighted by Gasteiger charge is 2.43. The van der Waals surface area contributed by atoms with Crippen molar-refractivity contribution in [2.24, 2.45) is 0 Å². The smallest absolute Gasteiger partial charge is 0.369 e. The van der Waals surface area contributed by atoms with E-state index in [0.29, 0.717) is 5.56 Å². The Labute approximate surface area is 160 Å². The molecule has 2 aromatic rings. The Hall–Kier alpha value is -1.51. The maximum Gasteiger partial charge on any atom is 0.451 e. The van der Waals surface area contributed by atoms with E-state index in [0.717, 1.165) is 39.0 Å². The molecule has 0 radical (unpaired) electrons. The van der Waals surface area contributed by atoms with Crippen LogP contribution < -0.4 is 0 Å². The van der Waals surface area contributed by atoms with Crippen molar-refractivity contribution in [2.75, 3.05) is 19.7 Å². The Bertz CT molecular complexity index is 811. The van der Waals surface area contributed by atoms with E-state index in [1.54, 1.807) is 0 Å². The van der Waals surface area contributed by atoms with Gasteiger partial charge in [0, 0.05) is 46.8 Å². The highest BCUT2D eigenvalue weighted by Crippen LogP contribution is 2.46. The monoisotopic (exact) mass is 397 g/mol. The molecule has 1 saturated heterocycles. The van der Waals surface area contributed by atoms with Crippen molar-refractivity contribution in [1.82, 2.24) is 14.9 Å². The van der Waals surface area contributed by atoms with Gasteiger partial charge in [0.2, 0.25) is 5.82 Å². The Balaban J connectivity index is 1.47.